The van der Waals surface area contributed by atoms with Crippen molar-refractivity contribution in [3.63, 3.8) is 0 Å². The lowest BCUT2D eigenvalue weighted by Gasteiger charge is -2.40. The van der Waals surface area contributed by atoms with E-state index < -0.39 is 0 Å². The summed E-state index contributed by atoms with van der Waals surface area (Å²) in [5.74, 6) is 5.35. The van der Waals surface area contributed by atoms with Gasteiger partial charge in [0.1, 0.15) is 34.5 Å². The van der Waals surface area contributed by atoms with E-state index in [1.54, 1.807) is 42.7 Å². The Hall–Kier alpha value is -3.58. The van der Waals surface area contributed by atoms with Crippen LogP contribution in [0, 0.1) is 5.41 Å². The number of allylic oxidation sites excluding steroid dienone is 3. The molecule has 7 heteroatoms. The van der Waals surface area contributed by atoms with E-state index in [0.717, 1.165) is 51.8 Å². The maximum Gasteiger partial charge on any atom is 0.137 e. The summed E-state index contributed by atoms with van der Waals surface area (Å²) in [6.45, 7) is 2.36. The standard InChI is InChI=1S/C36H39BrO6/c1-36(14-12-22(39-3)13-15-36)26-18-25-30(20-8-10-21(38-2)11-9-20)32(24-16-23(40-4)17-27(41-5)31(24)26)34-28(42-6)19-29(43-7)35(37)33(25)34/h8-14,16-17,19,25-26,30,32H,15,18H2,1-7H3. The summed E-state index contributed by atoms with van der Waals surface area (Å²) in [5.41, 5.74) is 5.94. The molecular formula is C36H39BrO6. The van der Waals surface area contributed by atoms with Gasteiger partial charge in [0, 0.05) is 35.1 Å². The van der Waals surface area contributed by atoms with Crippen LogP contribution in [0.3, 0.4) is 0 Å². The Balaban J connectivity index is 1.69. The molecule has 0 spiro atoms. The van der Waals surface area contributed by atoms with Crippen LogP contribution in [0.4, 0.5) is 0 Å². The predicted molar refractivity (Wildman–Crippen MR) is 171 cm³/mol. The van der Waals surface area contributed by atoms with Gasteiger partial charge in [-0.2, -0.15) is 0 Å². The Labute approximate surface area is 262 Å². The van der Waals surface area contributed by atoms with Crippen LogP contribution < -0.4 is 23.7 Å². The smallest absolute Gasteiger partial charge is 0.137 e. The van der Waals surface area contributed by atoms with Crippen molar-refractivity contribution >= 4 is 15.9 Å². The zero-order valence-corrected chi connectivity index (χ0v) is 27.4. The Kier molecular flexibility index (Phi) is 7.88. The zero-order valence-electron chi connectivity index (χ0n) is 25.8. The highest BCUT2D eigenvalue weighted by atomic mass is 79.9. The molecule has 0 heterocycles. The highest BCUT2D eigenvalue weighted by Gasteiger charge is 2.53. The lowest BCUT2D eigenvalue weighted by Crippen LogP contribution is -2.27. The van der Waals surface area contributed by atoms with E-state index >= 15 is 0 Å². The number of ether oxygens (including phenoxy) is 6. The topological polar surface area (TPSA) is 55.4 Å². The molecule has 2 bridgehead atoms. The molecular weight excluding hydrogens is 608 g/mol. The van der Waals surface area contributed by atoms with Gasteiger partial charge in [0.15, 0.2) is 0 Å². The third-order valence-electron chi connectivity index (χ3n) is 9.87. The van der Waals surface area contributed by atoms with Gasteiger partial charge in [-0.1, -0.05) is 25.1 Å². The fourth-order valence-electron chi connectivity index (χ4n) is 7.75. The lowest BCUT2D eigenvalue weighted by atomic mass is 9.65. The molecule has 0 amide bonds. The first-order chi connectivity index (χ1) is 20.8. The van der Waals surface area contributed by atoms with Crippen LogP contribution in [-0.2, 0) is 4.74 Å². The van der Waals surface area contributed by atoms with Crippen LogP contribution in [0.25, 0.3) is 0 Å². The molecule has 0 radical (unpaired) electrons. The summed E-state index contributed by atoms with van der Waals surface area (Å²) in [6.07, 6.45) is 8.39. The Morgan fingerprint density at radius 1 is 0.721 bits per heavy atom. The maximum absolute atomic E-state index is 6.18. The first-order valence-corrected chi connectivity index (χ1v) is 15.4. The van der Waals surface area contributed by atoms with Crippen molar-refractivity contribution in [2.45, 2.75) is 43.4 Å². The molecule has 3 aliphatic carbocycles. The summed E-state index contributed by atoms with van der Waals surface area (Å²) < 4.78 is 36.2. The number of hydrogen-bond donors (Lipinski definition) is 0. The fraction of sp³-hybridized carbons (Fsp3) is 0.389. The second kappa shape index (κ2) is 11.5. The van der Waals surface area contributed by atoms with Crippen molar-refractivity contribution in [3.8, 4) is 28.7 Å². The van der Waals surface area contributed by atoms with Gasteiger partial charge in [-0.25, -0.2) is 0 Å². The molecule has 226 valence electrons. The van der Waals surface area contributed by atoms with Gasteiger partial charge in [0.2, 0.25) is 0 Å². The van der Waals surface area contributed by atoms with Gasteiger partial charge in [-0.15, -0.1) is 0 Å². The maximum atomic E-state index is 6.18. The van der Waals surface area contributed by atoms with Gasteiger partial charge in [-0.3, -0.25) is 0 Å². The van der Waals surface area contributed by atoms with Crippen molar-refractivity contribution < 1.29 is 28.4 Å². The van der Waals surface area contributed by atoms with E-state index in [4.69, 9.17) is 28.4 Å². The minimum atomic E-state index is -0.177. The van der Waals surface area contributed by atoms with Crippen molar-refractivity contribution in [1.29, 1.82) is 0 Å². The van der Waals surface area contributed by atoms with E-state index in [-0.39, 0.29) is 29.1 Å². The highest BCUT2D eigenvalue weighted by Crippen LogP contribution is 2.68. The molecule has 0 aliphatic heterocycles. The Morgan fingerprint density at radius 2 is 1.40 bits per heavy atom. The van der Waals surface area contributed by atoms with Crippen LogP contribution in [0.5, 0.6) is 28.7 Å². The number of benzene rings is 3. The minimum Gasteiger partial charge on any atom is -0.497 e. The van der Waals surface area contributed by atoms with Gasteiger partial charge >= 0.3 is 0 Å². The van der Waals surface area contributed by atoms with E-state index in [9.17, 15) is 0 Å². The Morgan fingerprint density at radius 3 is 1.98 bits per heavy atom. The number of hydrogen-bond acceptors (Lipinski definition) is 6. The summed E-state index contributed by atoms with van der Waals surface area (Å²) in [7, 11) is 10.4. The molecule has 3 aliphatic rings. The van der Waals surface area contributed by atoms with Gasteiger partial charge in [-0.05, 0) is 93.1 Å². The molecule has 5 atom stereocenters. The average Bonchev–Trinajstić information content (AvgIpc) is 3.30. The van der Waals surface area contributed by atoms with Crippen LogP contribution in [0.1, 0.15) is 71.3 Å². The van der Waals surface area contributed by atoms with Crippen LogP contribution in [-0.4, -0.2) is 42.7 Å². The molecule has 0 N–H and O–H groups in total. The summed E-state index contributed by atoms with van der Waals surface area (Å²) in [4.78, 5) is 0. The minimum absolute atomic E-state index is 0.0178. The second-order valence-electron chi connectivity index (χ2n) is 11.8. The third kappa shape index (κ3) is 4.67. The molecule has 43 heavy (non-hydrogen) atoms. The average molecular weight is 648 g/mol. The molecule has 3 aromatic rings. The molecule has 5 unspecified atom stereocenters. The van der Waals surface area contributed by atoms with Gasteiger partial charge < -0.3 is 28.4 Å². The number of methoxy groups -OCH3 is 6. The largest absolute Gasteiger partial charge is 0.497 e. The highest BCUT2D eigenvalue weighted by molar-refractivity contribution is 9.10. The molecule has 3 aromatic carbocycles. The molecule has 6 nitrogen and oxygen atoms in total. The first-order valence-electron chi connectivity index (χ1n) is 14.6. The van der Waals surface area contributed by atoms with Crippen molar-refractivity contribution in [2.24, 2.45) is 5.41 Å². The summed E-state index contributed by atoms with van der Waals surface area (Å²) in [6, 6.07) is 14.8. The lowest BCUT2D eigenvalue weighted by molar-refractivity contribution is 0.265. The first kappa shape index (κ1) is 29.5. The molecule has 0 saturated heterocycles. The van der Waals surface area contributed by atoms with Crippen LogP contribution >= 0.6 is 15.9 Å². The fourth-order valence-corrected chi connectivity index (χ4v) is 8.53. The molecule has 0 saturated carbocycles. The quantitative estimate of drug-likeness (QED) is 0.245. The number of rotatable bonds is 8. The van der Waals surface area contributed by atoms with Gasteiger partial charge in [0.05, 0.1) is 47.1 Å². The van der Waals surface area contributed by atoms with E-state index in [0.29, 0.717) is 0 Å². The van der Waals surface area contributed by atoms with Crippen molar-refractivity contribution in [2.75, 3.05) is 42.7 Å². The molecule has 6 rings (SSSR count). The van der Waals surface area contributed by atoms with Crippen LogP contribution in [0.15, 0.2) is 70.9 Å². The van der Waals surface area contributed by atoms with Gasteiger partial charge in [0.25, 0.3) is 0 Å². The zero-order chi connectivity index (χ0) is 30.5. The van der Waals surface area contributed by atoms with Crippen molar-refractivity contribution in [3.05, 3.63) is 98.7 Å². The number of halogens is 1. The van der Waals surface area contributed by atoms with Crippen molar-refractivity contribution in [1.82, 2.24) is 0 Å². The summed E-state index contributed by atoms with van der Waals surface area (Å²) in [5, 5.41) is 0. The normalized spacial score (nSPS) is 25.2. The SMILES string of the molecule is COC1=CCC(C)(C2CC3c4c(Br)c(OC)cc(OC)c4C(c4cc(OC)cc(OC)c42)C3c2ccc(OC)cc2)C=C1. The third-order valence-corrected chi connectivity index (χ3v) is 10.7. The number of fused-ring (bicyclic) bond motifs is 7. The Bertz CT molecular complexity index is 1590. The van der Waals surface area contributed by atoms with E-state index in [1.807, 2.05) is 12.1 Å². The predicted octanol–water partition coefficient (Wildman–Crippen LogP) is 8.49. The summed E-state index contributed by atoms with van der Waals surface area (Å²) >= 11 is 3.99. The van der Waals surface area contributed by atoms with E-state index in [1.165, 1.54) is 27.8 Å². The van der Waals surface area contributed by atoms with Crippen LogP contribution in [0.2, 0.25) is 0 Å². The van der Waals surface area contributed by atoms with E-state index in [2.05, 4.69) is 71.4 Å². The monoisotopic (exact) mass is 646 g/mol. The molecule has 0 fully saturated rings. The second-order valence-corrected chi connectivity index (χ2v) is 12.6. The molecule has 0 aromatic heterocycles.